The van der Waals surface area contributed by atoms with Gasteiger partial charge in [0.1, 0.15) is 5.75 Å². The van der Waals surface area contributed by atoms with Gasteiger partial charge in [-0.05, 0) is 25.0 Å². The number of Topliss-reactive ketones (excluding diaryl/α,β-unsaturated/α-hetero) is 1. The summed E-state index contributed by atoms with van der Waals surface area (Å²) in [6.45, 7) is 0.0463. The van der Waals surface area contributed by atoms with Crippen molar-refractivity contribution in [1.82, 2.24) is 0 Å². The molecule has 4 rings (SSSR count). The summed E-state index contributed by atoms with van der Waals surface area (Å²) in [6, 6.07) is 3.51. The number of fused-ring (bicyclic) bond motifs is 2. The van der Waals surface area contributed by atoms with Crippen molar-refractivity contribution in [3.8, 4) is 40.2 Å². The van der Waals surface area contributed by atoms with Crippen LogP contribution in [0.15, 0.2) is 17.7 Å². The fourth-order valence-corrected chi connectivity index (χ4v) is 4.03. The van der Waals surface area contributed by atoms with E-state index in [2.05, 4.69) is 0 Å². The molecule has 1 aliphatic heterocycles. The summed E-state index contributed by atoms with van der Waals surface area (Å²) in [4.78, 5) is 13.5. The van der Waals surface area contributed by atoms with Gasteiger partial charge in [0.25, 0.3) is 0 Å². The molecule has 1 aliphatic carbocycles. The highest BCUT2D eigenvalue weighted by atomic mass is 16.7. The lowest BCUT2D eigenvalue weighted by Crippen LogP contribution is -2.17. The van der Waals surface area contributed by atoms with Crippen molar-refractivity contribution in [2.24, 2.45) is 0 Å². The van der Waals surface area contributed by atoms with Gasteiger partial charge in [-0.1, -0.05) is 0 Å². The normalized spacial score (nSPS) is 15.5. The van der Waals surface area contributed by atoms with Crippen LogP contribution in [-0.2, 0) is 6.42 Å². The van der Waals surface area contributed by atoms with Crippen LogP contribution in [0, 0.1) is 0 Å². The molecule has 2 aromatic carbocycles. The third kappa shape index (κ3) is 3.28. The number of carbonyl (C=O) groups excluding carboxylic acids is 1. The number of ketones is 1. The van der Waals surface area contributed by atoms with E-state index in [4.69, 9.17) is 33.2 Å². The first kappa shape index (κ1) is 20.7. The number of hydrogen-bond acceptors (Lipinski definition) is 8. The molecule has 0 bridgehead atoms. The van der Waals surface area contributed by atoms with Gasteiger partial charge in [-0.25, -0.2) is 0 Å². The summed E-state index contributed by atoms with van der Waals surface area (Å²) in [5.41, 5.74) is 2.50. The van der Waals surface area contributed by atoms with E-state index in [9.17, 15) is 4.79 Å². The van der Waals surface area contributed by atoms with E-state index in [1.54, 1.807) is 40.6 Å². The van der Waals surface area contributed by atoms with Crippen molar-refractivity contribution in [1.29, 1.82) is 0 Å². The SMILES string of the molecule is COc1cc(OC)c(OC)cc1/C=C1\CCc2c(OC)c3c(c(OC)c2C1=O)OCO3. The van der Waals surface area contributed by atoms with Crippen LogP contribution < -0.4 is 33.2 Å². The van der Waals surface area contributed by atoms with Crippen LogP contribution in [0.4, 0.5) is 0 Å². The molecule has 8 heteroatoms. The van der Waals surface area contributed by atoms with E-state index in [0.29, 0.717) is 69.8 Å². The van der Waals surface area contributed by atoms with Crippen molar-refractivity contribution in [3.63, 3.8) is 0 Å². The Balaban J connectivity index is 1.85. The molecule has 0 saturated heterocycles. The van der Waals surface area contributed by atoms with Crippen LogP contribution in [0.25, 0.3) is 6.08 Å². The minimum Gasteiger partial charge on any atom is -0.496 e. The Bertz CT molecular complexity index is 1070. The lowest BCUT2D eigenvalue weighted by atomic mass is 9.84. The summed E-state index contributed by atoms with van der Waals surface area (Å²) in [7, 11) is 7.74. The van der Waals surface area contributed by atoms with Crippen LogP contribution in [0.5, 0.6) is 40.2 Å². The van der Waals surface area contributed by atoms with Gasteiger partial charge < -0.3 is 33.2 Å². The van der Waals surface area contributed by atoms with Gasteiger partial charge in [0, 0.05) is 22.8 Å². The minimum absolute atomic E-state index is 0.0463. The van der Waals surface area contributed by atoms with Crippen LogP contribution in [0.1, 0.15) is 27.9 Å². The van der Waals surface area contributed by atoms with E-state index >= 15 is 0 Å². The van der Waals surface area contributed by atoms with E-state index < -0.39 is 0 Å². The van der Waals surface area contributed by atoms with Gasteiger partial charge in [0.05, 0.1) is 41.1 Å². The third-order valence-corrected chi connectivity index (χ3v) is 5.47. The lowest BCUT2D eigenvalue weighted by Gasteiger charge is -2.24. The highest BCUT2D eigenvalue weighted by Crippen LogP contribution is 2.54. The molecule has 2 aromatic rings. The Morgan fingerprint density at radius 3 is 2.00 bits per heavy atom. The molecule has 2 aliphatic rings. The van der Waals surface area contributed by atoms with Gasteiger partial charge in [-0.2, -0.15) is 0 Å². The molecule has 0 saturated carbocycles. The Hall–Kier alpha value is -3.55. The molecule has 0 spiro atoms. The van der Waals surface area contributed by atoms with E-state index in [1.165, 1.54) is 7.11 Å². The summed E-state index contributed by atoms with van der Waals surface area (Å²) >= 11 is 0. The average molecular weight is 428 g/mol. The maximum absolute atomic E-state index is 13.5. The van der Waals surface area contributed by atoms with Gasteiger partial charge in [0.15, 0.2) is 28.8 Å². The zero-order chi connectivity index (χ0) is 22.1. The van der Waals surface area contributed by atoms with Crippen LogP contribution >= 0.6 is 0 Å². The van der Waals surface area contributed by atoms with E-state index in [1.807, 2.05) is 6.08 Å². The second-order valence-corrected chi connectivity index (χ2v) is 6.93. The molecule has 8 nitrogen and oxygen atoms in total. The number of methoxy groups -OCH3 is 5. The maximum Gasteiger partial charge on any atom is 0.231 e. The number of allylic oxidation sites excluding steroid dienone is 1. The molecule has 0 fully saturated rings. The van der Waals surface area contributed by atoms with Crippen molar-refractivity contribution < 1.29 is 38.0 Å². The predicted molar refractivity (Wildman–Crippen MR) is 112 cm³/mol. The van der Waals surface area contributed by atoms with Crippen molar-refractivity contribution in [2.45, 2.75) is 12.8 Å². The Kier molecular flexibility index (Phi) is 5.54. The van der Waals surface area contributed by atoms with Gasteiger partial charge in [-0.15, -0.1) is 0 Å². The zero-order valence-electron chi connectivity index (χ0n) is 18.1. The Labute approximate surface area is 180 Å². The fourth-order valence-electron chi connectivity index (χ4n) is 4.03. The smallest absolute Gasteiger partial charge is 0.231 e. The zero-order valence-corrected chi connectivity index (χ0v) is 18.1. The molecule has 0 aromatic heterocycles. The predicted octanol–water partition coefficient (Wildman–Crippen LogP) is 3.67. The second kappa shape index (κ2) is 8.29. The number of ether oxygens (including phenoxy) is 7. The highest BCUT2D eigenvalue weighted by molar-refractivity contribution is 6.16. The summed E-state index contributed by atoms with van der Waals surface area (Å²) in [5.74, 6) is 3.22. The Morgan fingerprint density at radius 2 is 1.39 bits per heavy atom. The molecule has 31 heavy (non-hydrogen) atoms. The quantitative estimate of drug-likeness (QED) is 0.645. The Morgan fingerprint density at radius 1 is 0.774 bits per heavy atom. The monoisotopic (exact) mass is 428 g/mol. The van der Waals surface area contributed by atoms with Crippen molar-refractivity contribution in [3.05, 3.63) is 34.4 Å². The average Bonchev–Trinajstić information content (AvgIpc) is 3.28. The lowest BCUT2D eigenvalue weighted by molar-refractivity contribution is 0.102. The van der Waals surface area contributed by atoms with Crippen LogP contribution in [0.2, 0.25) is 0 Å². The first-order valence-corrected chi connectivity index (χ1v) is 9.69. The first-order chi connectivity index (χ1) is 15.1. The van der Waals surface area contributed by atoms with Crippen molar-refractivity contribution in [2.75, 3.05) is 42.3 Å². The van der Waals surface area contributed by atoms with Gasteiger partial charge in [-0.3, -0.25) is 4.79 Å². The molecular formula is C23H24O8. The number of hydrogen-bond donors (Lipinski definition) is 0. The maximum atomic E-state index is 13.5. The standard InChI is InChI=1S/C23H24O8/c1-25-15-10-17(27-3)16(26-2)9-13(15)8-12-6-7-14-18(19(12)24)21(29-5)23-22(20(14)28-4)30-11-31-23/h8-10H,6-7,11H2,1-5H3/b12-8+. The highest BCUT2D eigenvalue weighted by Gasteiger charge is 2.37. The minimum atomic E-state index is -0.161. The van der Waals surface area contributed by atoms with Crippen LogP contribution in [-0.4, -0.2) is 48.1 Å². The largest absolute Gasteiger partial charge is 0.496 e. The first-order valence-electron chi connectivity index (χ1n) is 9.69. The molecule has 164 valence electrons. The topological polar surface area (TPSA) is 81.7 Å². The molecule has 0 N–H and O–H groups in total. The fraction of sp³-hybridized carbons (Fsp3) is 0.348. The molecular weight excluding hydrogens is 404 g/mol. The summed E-state index contributed by atoms with van der Waals surface area (Å²) in [6.07, 6.45) is 2.91. The number of carbonyl (C=O) groups is 1. The molecule has 0 radical (unpaired) electrons. The summed E-state index contributed by atoms with van der Waals surface area (Å²) < 4.78 is 38.5. The van der Waals surface area contributed by atoms with Crippen LogP contribution in [0.3, 0.4) is 0 Å². The molecule has 1 heterocycles. The second-order valence-electron chi connectivity index (χ2n) is 6.93. The van der Waals surface area contributed by atoms with Gasteiger partial charge in [0.2, 0.25) is 18.3 Å². The van der Waals surface area contributed by atoms with E-state index in [-0.39, 0.29) is 12.6 Å². The van der Waals surface area contributed by atoms with E-state index in [0.717, 1.165) is 5.56 Å². The number of rotatable bonds is 6. The van der Waals surface area contributed by atoms with Gasteiger partial charge >= 0.3 is 0 Å². The summed E-state index contributed by atoms with van der Waals surface area (Å²) in [5, 5.41) is 0. The molecule has 0 amide bonds. The third-order valence-electron chi connectivity index (χ3n) is 5.47. The molecule has 0 atom stereocenters. The molecule has 0 unspecified atom stereocenters. The van der Waals surface area contributed by atoms with Crippen molar-refractivity contribution >= 4 is 11.9 Å². The number of benzene rings is 2.